The highest BCUT2D eigenvalue weighted by Gasteiger charge is 2.15. The molecule has 3 aromatic rings. The van der Waals surface area contributed by atoms with E-state index >= 15 is 0 Å². The van der Waals surface area contributed by atoms with Crippen LogP contribution in [0.3, 0.4) is 0 Å². The number of nitrogens with one attached hydrogen (secondary N) is 1. The molecule has 0 aliphatic heterocycles. The van der Waals surface area contributed by atoms with Gasteiger partial charge in [0.05, 0.1) is 24.0 Å². The fourth-order valence-corrected chi connectivity index (χ4v) is 3.01. The molecule has 0 saturated heterocycles. The molecule has 0 radical (unpaired) electrons. The van der Waals surface area contributed by atoms with Crippen molar-refractivity contribution < 1.29 is 14.7 Å². The van der Waals surface area contributed by atoms with Crippen LogP contribution in [0.1, 0.15) is 22.5 Å². The van der Waals surface area contributed by atoms with Gasteiger partial charge in [-0.05, 0) is 39.7 Å². The fourth-order valence-electron chi connectivity index (χ4n) is 2.33. The Hall–Kier alpha value is -2.46. The van der Waals surface area contributed by atoms with E-state index in [4.69, 9.17) is 5.11 Å². The molecule has 1 amide bonds. The minimum absolute atomic E-state index is 0.0608. The third-order valence-electron chi connectivity index (χ3n) is 3.63. The highest BCUT2D eigenvalue weighted by molar-refractivity contribution is 9.10. The number of carboxylic acids is 1. The summed E-state index contributed by atoms with van der Waals surface area (Å²) in [7, 11) is 0. The van der Waals surface area contributed by atoms with Crippen LogP contribution >= 0.6 is 31.9 Å². The van der Waals surface area contributed by atoms with E-state index in [-0.39, 0.29) is 18.7 Å². The molecule has 27 heavy (non-hydrogen) atoms. The molecule has 0 unspecified atom stereocenters. The maximum Gasteiger partial charge on any atom is 0.305 e. The molecule has 8 nitrogen and oxygen atoms in total. The zero-order valence-electron chi connectivity index (χ0n) is 14.0. The van der Waals surface area contributed by atoms with Crippen LogP contribution in [0.25, 0.3) is 0 Å². The first-order valence-electron chi connectivity index (χ1n) is 7.95. The van der Waals surface area contributed by atoms with Crippen LogP contribution in [-0.4, -0.2) is 36.5 Å². The van der Waals surface area contributed by atoms with Crippen molar-refractivity contribution in [3.05, 3.63) is 62.9 Å². The molecule has 0 bridgehead atoms. The molecule has 2 aromatic heterocycles. The topological polar surface area (TPSA) is 102 Å². The molecule has 1 aromatic carbocycles. The first kappa shape index (κ1) is 19.3. The number of carboxylic acid groups (broad SMARTS) is 1. The number of aryl methyl sites for hydroxylation is 1. The minimum Gasteiger partial charge on any atom is -0.481 e. The lowest BCUT2D eigenvalue weighted by Gasteiger charge is -2.02. The van der Waals surface area contributed by atoms with Gasteiger partial charge in [0.1, 0.15) is 0 Å². The average Bonchev–Trinajstić information content (AvgIpc) is 3.22. The molecule has 10 heteroatoms. The molecular formula is C17H15Br2N5O3. The van der Waals surface area contributed by atoms with E-state index in [9.17, 15) is 9.59 Å². The predicted octanol–water partition coefficient (Wildman–Crippen LogP) is 3.38. The summed E-state index contributed by atoms with van der Waals surface area (Å²) in [6, 6.07) is 9.42. The maximum atomic E-state index is 12.3. The normalized spacial score (nSPS) is 10.7. The number of aromatic nitrogens is 4. The van der Waals surface area contributed by atoms with Crippen LogP contribution in [0, 0.1) is 0 Å². The Morgan fingerprint density at radius 3 is 2.52 bits per heavy atom. The van der Waals surface area contributed by atoms with Gasteiger partial charge >= 0.3 is 5.97 Å². The molecule has 140 valence electrons. The maximum absolute atomic E-state index is 12.3. The summed E-state index contributed by atoms with van der Waals surface area (Å²) in [5, 5.41) is 19.9. The van der Waals surface area contributed by atoms with Gasteiger partial charge in [0.15, 0.2) is 11.5 Å². The van der Waals surface area contributed by atoms with E-state index < -0.39 is 11.9 Å². The first-order chi connectivity index (χ1) is 12.9. The van der Waals surface area contributed by atoms with Gasteiger partial charge in [-0.25, -0.2) is 0 Å². The summed E-state index contributed by atoms with van der Waals surface area (Å²) in [5.74, 6) is -0.951. The monoisotopic (exact) mass is 495 g/mol. The zero-order chi connectivity index (χ0) is 19.4. The van der Waals surface area contributed by atoms with Crippen LogP contribution < -0.4 is 5.32 Å². The molecule has 0 aliphatic rings. The van der Waals surface area contributed by atoms with Crippen molar-refractivity contribution in [3.8, 4) is 0 Å². The minimum atomic E-state index is -0.920. The summed E-state index contributed by atoms with van der Waals surface area (Å²) >= 11 is 6.79. The van der Waals surface area contributed by atoms with Crippen molar-refractivity contribution in [1.82, 2.24) is 19.6 Å². The zero-order valence-corrected chi connectivity index (χ0v) is 17.1. The summed E-state index contributed by atoms with van der Waals surface area (Å²) in [6.45, 7) is 0.764. The number of aliphatic carboxylic acids is 1. The number of halogens is 2. The number of carbonyl (C=O) groups is 2. The smallest absolute Gasteiger partial charge is 0.305 e. The van der Waals surface area contributed by atoms with Gasteiger partial charge in [-0.1, -0.05) is 28.1 Å². The Labute approximate surface area is 171 Å². The van der Waals surface area contributed by atoms with E-state index in [0.717, 1.165) is 10.0 Å². The van der Waals surface area contributed by atoms with Crippen molar-refractivity contribution in [2.75, 3.05) is 5.32 Å². The van der Waals surface area contributed by atoms with E-state index in [1.165, 1.54) is 10.7 Å². The molecule has 0 aliphatic carbocycles. The lowest BCUT2D eigenvalue weighted by Crippen LogP contribution is -2.15. The molecule has 0 fully saturated rings. The SMILES string of the molecule is O=C(O)CCn1ccc(C(=O)Nc2nn(Cc3ccc(Br)cc3)cc2Br)n1. The van der Waals surface area contributed by atoms with Crippen LogP contribution in [0.2, 0.25) is 0 Å². The van der Waals surface area contributed by atoms with Gasteiger partial charge in [0.2, 0.25) is 0 Å². The van der Waals surface area contributed by atoms with Crippen molar-refractivity contribution >= 4 is 49.6 Å². The number of anilines is 1. The van der Waals surface area contributed by atoms with E-state index in [0.29, 0.717) is 16.8 Å². The number of benzene rings is 1. The molecule has 2 heterocycles. The Balaban J connectivity index is 1.65. The van der Waals surface area contributed by atoms with E-state index in [1.54, 1.807) is 17.1 Å². The Morgan fingerprint density at radius 2 is 1.81 bits per heavy atom. The Morgan fingerprint density at radius 1 is 1.07 bits per heavy atom. The fraction of sp³-hybridized carbons (Fsp3) is 0.176. The van der Waals surface area contributed by atoms with Crippen molar-refractivity contribution in [2.45, 2.75) is 19.5 Å². The predicted molar refractivity (Wildman–Crippen MR) is 106 cm³/mol. The summed E-state index contributed by atoms with van der Waals surface area (Å²) in [5.41, 5.74) is 1.26. The van der Waals surface area contributed by atoms with E-state index in [2.05, 4.69) is 47.4 Å². The number of rotatable bonds is 7. The summed E-state index contributed by atoms with van der Waals surface area (Å²) < 4.78 is 4.79. The van der Waals surface area contributed by atoms with Crippen molar-refractivity contribution in [3.63, 3.8) is 0 Å². The lowest BCUT2D eigenvalue weighted by atomic mass is 10.2. The second-order valence-electron chi connectivity index (χ2n) is 5.71. The van der Waals surface area contributed by atoms with Gasteiger partial charge < -0.3 is 10.4 Å². The van der Waals surface area contributed by atoms with Gasteiger partial charge in [-0.3, -0.25) is 19.0 Å². The quantitative estimate of drug-likeness (QED) is 0.522. The van der Waals surface area contributed by atoms with Crippen molar-refractivity contribution in [2.24, 2.45) is 0 Å². The third-order valence-corrected chi connectivity index (χ3v) is 4.74. The highest BCUT2D eigenvalue weighted by atomic mass is 79.9. The van der Waals surface area contributed by atoms with Gasteiger partial charge in [0.25, 0.3) is 5.91 Å². The van der Waals surface area contributed by atoms with Gasteiger partial charge in [-0.2, -0.15) is 10.2 Å². The van der Waals surface area contributed by atoms with Gasteiger partial charge in [-0.15, -0.1) is 0 Å². The van der Waals surface area contributed by atoms with E-state index in [1.807, 2.05) is 24.3 Å². The molecular weight excluding hydrogens is 482 g/mol. The first-order valence-corrected chi connectivity index (χ1v) is 9.53. The molecule has 0 spiro atoms. The van der Waals surface area contributed by atoms with Crippen LogP contribution in [-0.2, 0) is 17.9 Å². The molecule has 3 rings (SSSR count). The average molecular weight is 497 g/mol. The van der Waals surface area contributed by atoms with Crippen molar-refractivity contribution in [1.29, 1.82) is 0 Å². The second kappa shape index (κ2) is 8.49. The number of amides is 1. The second-order valence-corrected chi connectivity index (χ2v) is 7.48. The standard InChI is InChI=1S/C17H15Br2N5O3/c18-12-3-1-11(2-4-12)9-24-10-13(19)16(22-24)20-17(27)14-5-7-23(21-14)8-6-15(25)26/h1-5,7,10H,6,8-9H2,(H,25,26)(H,20,22,27). The van der Waals surface area contributed by atoms with Gasteiger partial charge in [0, 0.05) is 16.9 Å². The van der Waals surface area contributed by atoms with Crippen LogP contribution in [0.5, 0.6) is 0 Å². The largest absolute Gasteiger partial charge is 0.481 e. The van der Waals surface area contributed by atoms with Crippen LogP contribution in [0.15, 0.2) is 51.7 Å². The molecule has 0 atom stereocenters. The number of nitrogens with zero attached hydrogens (tertiary/aromatic N) is 4. The van der Waals surface area contributed by atoms with Crippen LogP contribution in [0.4, 0.5) is 5.82 Å². The third kappa shape index (κ3) is 5.27. The summed E-state index contributed by atoms with van der Waals surface area (Å²) in [6.07, 6.45) is 3.29. The number of hydrogen-bond acceptors (Lipinski definition) is 4. The summed E-state index contributed by atoms with van der Waals surface area (Å²) in [4.78, 5) is 22.9. The number of carbonyl (C=O) groups excluding carboxylic acids is 1. The highest BCUT2D eigenvalue weighted by Crippen LogP contribution is 2.21. The molecule has 0 saturated carbocycles. The Kier molecular flexibility index (Phi) is 6.07. The lowest BCUT2D eigenvalue weighted by molar-refractivity contribution is -0.137. The molecule has 2 N–H and O–H groups in total. The Bertz CT molecular complexity index is 965. The number of hydrogen-bond donors (Lipinski definition) is 2.